The molecule has 1 rings (SSSR count). The van der Waals surface area contributed by atoms with Crippen LogP contribution in [0.25, 0.3) is 0 Å². The lowest BCUT2D eigenvalue weighted by Crippen LogP contribution is -2.21. The van der Waals surface area contributed by atoms with Crippen LogP contribution in [0.15, 0.2) is 36.5 Å². The molecule has 0 aromatic carbocycles. The van der Waals surface area contributed by atoms with Crippen molar-refractivity contribution in [3.8, 4) is 0 Å². The van der Waals surface area contributed by atoms with Crippen LogP contribution in [0.4, 0.5) is 0 Å². The predicted octanol–water partition coefficient (Wildman–Crippen LogP) is 3.26. The van der Waals surface area contributed by atoms with Crippen molar-refractivity contribution in [2.75, 3.05) is 7.11 Å². The molecule has 0 radical (unpaired) electrons. The normalized spacial score (nSPS) is 26.0. The van der Waals surface area contributed by atoms with E-state index in [1.165, 1.54) is 12.7 Å². The number of allylic oxidation sites excluding steroid dienone is 5. The first kappa shape index (κ1) is 12.8. The highest BCUT2D eigenvalue weighted by atomic mass is 16.5. The SMILES string of the molecule is C=C/C=C(\C=C/C)C1CCCC1C(=O)OC. The number of hydrogen-bond acceptors (Lipinski definition) is 2. The lowest BCUT2D eigenvalue weighted by molar-refractivity contribution is -0.146. The van der Waals surface area contributed by atoms with Gasteiger partial charge in [0, 0.05) is 0 Å². The Morgan fingerprint density at radius 1 is 1.38 bits per heavy atom. The fraction of sp³-hybridized carbons (Fsp3) is 0.500. The van der Waals surface area contributed by atoms with Crippen molar-refractivity contribution >= 4 is 5.97 Å². The van der Waals surface area contributed by atoms with Gasteiger partial charge in [-0.3, -0.25) is 4.79 Å². The molecule has 0 amide bonds. The van der Waals surface area contributed by atoms with Gasteiger partial charge in [-0.05, 0) is 31.3 Å². The summed E-state index contributed by atoms with van der Waals surface area (Å²) in [7, 11) is 1.46. The summed E-state index contributed by atoms with van der Waals surface area (Å²) in [5, 5.41) is 0. The van der Waals surface area contributed by atoms with Crippen molar-refractivity contribution in [3.05, 3.63) is 36.5 Å². The summed E-state index contributed by atoms with van der Waals surface area (Å²) in [6.07, 6.45) is 10.9. The molecule has 1 fully saturated rings. The molecular formula is C14H20O2. The fourth-order valence-electron chi connectivity index (χ4n) is 2.42. The Morgan fingerprint density at radius 2 is 2.06 bits per heavy atom. The molecule has 2 unspecified atom stereocenters. The van der Waals surface area contributed by atoms with E-state index in [0.29, 0.717) is 5.92 Å². The van der Waals surface area contributed by atoms with Crippen molar-refractivity contribution in [1.29, 1.82) is 0 Å². The van der Waals surface area contributed by atoms with Crippen LogP contribution in [0.3, 0.4) is 0 Å². The second-order valence-electron chi connectivity index (χ2n) is 4.07. The average Bonchev–Trinajstić information content (AvgIpc) is 2.76. The number of ether oxygens (including phenoxy) is 1. The molecule has 2 heteroatoms. The number of methoxy groups -OCH3 is 1. The lowest BCUT2D eigenvalue weighted by atomic mass is 9.88. The lowest BCUT2D eigenvalue weighted by Gasteiger charge is -2.18. The zero-order valence-corrected chi connectivity index (χ0v) is 10.1. The first-order valence-corrected chi connectivity index (χ1v) is 5.77. The van der Waals surface area contributed by atoms with Gasteiger partial charge in [0.05, 0.1) is 13.0 Å². The first-order chi connectivity index (χ1) is 7.74. The third-order valence-corrected chi connectivity index (χ3v) is 3.12. The highest BCUT2D eigenvalue weighted by Crippen LogP contribution is 2.38. The molecule has 88 valence electrons. The Morgan fingerprint density at radius 3 is 2.62 bits per heavy atom. The molecule has 2 atom stereocenters. The molecular weight excluding hydrogens is 200 g/mol. The summed E-state index contributed by atoms with van der Waals surface area (Å²) in [5.41, 5.74) is 1.19. The number of carbonyl (C=O) groups is 1. The van der Waals surface area contributed by atoms with Gasteiger partial charge in [0.15, 0.2) is 0 Å². The Balaban J connectivity index is 2.87. The number of rotatable bonds is 4. The molecule has 0 N–H and O–H groups in total. The summed E-state index contributed by atoms with van der Waals surface area (Å²) in [6, 6.07) is 0. The van der Waals surface area contributed by atoms with E-state index >= 15 is 0 Å². The van der Waals surface area contributed by atoms with Crippen LogP contribution >= 0.6 is 0 Å². The summed E-state index contributed by atoms with van der Waals surface area (Å²) in [5.74, 6) is 0.232. The van der Waals surface area contributed by atoms with Crippen molar-refractivity contribution in [1.82, 2.24) is 0 Å². The summed E-state index contributed by atoms with van der Waals surface area (Å²) >= 11 is 0. The minimum Gasteiger partial charge on any atom is -0.469 e. The average molecular weight is 220 g/mol. The van der Waals surface area contributed by atoms with E-state index in [-0.39, 0.29) is 11.9 Å². The molecule has 0 aromatic rings. The van der Waals surface area contributed by atoms with E-state index in [9.17, 15) is 4.79 Å². The number of carbonyl (C=O) groups excluding carboxylic acids is 1. The van der Waals surface area contributed by atoms with Gasteiger partial charge in [-0.25, -0.2) is 0 Å². The monoisotopic (exact) mass is 220 g/mol. The van der Waals surface area contributed by atoms with E-state index in [1.807, 2.05) is 19.1 Å². The molecule has 0 heterocycles. The zero-order valence-electron chi connectivity index (χ0n) is 10.1. The van der Waals surface area contributed by atoms with E-state index in [4.69, 9.17) is 4.74 Å². The molecule has 0 bridgehead atoms. The van der Waals surface area contributed by atoms with Crippen LogP contribution < -0.4 is 0 Å². The maximum atomic E-state index is 11.6. The van der Waals surface area contributed by atoms with Crippen LogP contribution in [0, 0.1) is 11.8 Å². The van der Waals surface area contributed by atoms with Gasteiger partial charge in [-0.1, -0.05) is 37.3 Å². The number of esters is 1. The molecule has 2 nitrogen and oxygen atoms in total. The fourth-order valence-corrected chi connectivity index (χ4v) is 2.42. The molecule has 16 heavy (non-hydrogen) atoms. The van der Waals surface area contributed by atoms with Crippen molar-refractivity contribution < 1.29 is 9.53 Å². The van der Waals surface area contributed by atoms with Crippen LogP contribution in [0.1, 0.15) is 26.2 Å². The molecule has 0 aromatic heterocycles. The van der Waals surface area contributed by atoms with Crippen LogP contribution in [-0.2, 0) is 9.53 Å². The quantitative estimate of drug-likeness (QED) is 0.537. The first-order valence-electron chi connectivity index (χ1n) is 5.77. The smallest absolute Gasteiger partial charge is 0.309 e. The second kappa shape index (κ2) is 6.31. The van der Waals surface area contributed by atoms with Crippen molar-refractivity contribution in [3.63, 3.8) is 0 Å². The molecule has 1 saturated carbocycles. The third kappa shape index (κ3) is 2.84. The minimum absolute atomic E-state index is 0.0207. The summed E-state index contributed by atoms with van der Waals surface area (Å²) in [6.45, 7) is 5.70. The Hall–Kier alpha value is -1.31. The largest absolute Gasteiger partial charge is 0.469 e. The van der Waals surface area contributed by atoms with Crippen molar-refractivity contribution in [2.24, 2.45) is 11.8 Å². The van der Waals surface area contributed by atoms with E-state index < -0.39 is 0 Å². The Kier molecular flexibility index (Phi) is 5.03. The van der Waals surface area contributed by atoms with Gasteiger partial charge in [0.1, 0.15) is 0 Å². The third-order valence-electron chi connectivity index (χ3n) is 3.12. The van der Waals surface area contributed by atoms with E-state index in [1.54, 1.807) is 6.08 Å². The van der Waals surface area contributed by atoms with E-state index in [0.717, 1.165) is 19.3 Å². The standard InChI is InChI=1S/C14H20O2/c1-4-7-11(8-5-2)12-9-6-10-13(12)14(15)16-3/h4-5,7-8,12-13H,1,6,9-10H2,2-3H3/b8-5-,11-7+. The van der Waals surface area contributed by atoms with Gasteiger partial charge in [0.25, 0.3) is 0 Å². The second-order valence-corrected chi connectivity index (χ2v) is 4.07. The maximum Gasteiger partial charge on any atom is 0.309 e. The molecule has 0 spiro atoms. The van der Waals surface area contributed by atoms with Gasteiger partial charge in [-0.2, -0.15) is 0 Å². The molecule has 0 aliphatic heterocycles. The van der Waals surface area contributed by atoms with Gasteiger partial charge >= 0.3 is 5.97 Å². The van der Waals surface area contributed by atoms with Crippen LogP contribution in [0.5, 0.6) is 0 Å². The predicted molar refractivity (Wildman–Crippen MR) is 65.9 cm³/mol. The highest BCUT2D eigenvalue weighted by molar-refractivity contribution is 5.73. The topological polar surface area (TPSA) is 26.3 Å². The van der Waals surface area contributed by atoms with E-state index in [2.05, 4.69) is 12.7 Å². The van der Waals surface area contributed by atoms with Crippen LogP contribution in [0.2, 0.25) is 0 Å². The van der Waals surface area contributed by atoms with Crippen LogP contribution in [-0.4, -0.2) is 13.1 Å². The summed E-state index contributed by atoms with van der Waals surface area (Å²) in [4.78, 5) is 11.6. The van der Waals surface area contributed by atoms with Gasteiger partial charge < -0.3 is 4.74 Å². The number of hydrogen-bond donors (Lipinski definition) is 0. The zero-order chi connectivity index (χ0) is 12.0. The Bertz CT molecular complexity index is 313. The van der Waals surface area contributed by atoms with Crippen molar-refractivity contribution in [2.45, 2.75) is 26.2 Å². The molecule has 0 saturated heterocycles. The maximum absolute atomic E-state index is 11.6. The van der Waals surface area contributed by atoms with Gasteiger partial charge in [-0.15, -0.1) is 0 Å². The van der Waals surface area contributed by atoms with Gasteiger partial charge in [0.2, 0.25) is 0 Å². The minimum atomic E-state index is -0.0815. The Labute approximate surface area is 97.7 Å². The molecule has 1 aliphatic rings. The summed E-state index contributed by atoms with van der Waals surface area (Å²) < 4.78 is 4.85. The highest BCUT2D eigenvalue weighted by Gasteiger charge is 2.34. The molecule has 1 aliphatic carbocycles.